The van der Waals surface area contributed by atoms with E-state index in [4.69, 9.17) is 21.1 Å². The largest absolute Gasteiger partial charge is 0.454 e. The molecule has 0 aromatic heterocycles. The second-order valence-electron chi connectivity index (χ2n) is 6.18. The van der Waals surface area contributed by atoms with Gasteiger partial charge in [0.05, 0.1) is 6.04 Å². The molecule has 2 heterocycles. The minimum absolute atomic E-state index is 0.119. The molecule has 1 atom stereocenters. The van der Waals surface area contributed by atoms with Gasteiger partial charge in [0.15, 0.2) is 11.5 Å². The summed E-state index contributed by atoms with van der Waals surface area (Å²) >= 11 is 6.55. The number of benzene rings is 2. The fourth-order valence-corrected chi connectivity index (χ4v) is 3.73. The highest BCUT2D eigenvalue weighted by Crippen LogP contribution is 2.39. The van der Waals surface area contributed by atoms with Gasteiger partial charge in [-0.1, -0.05) is 35.9 Å². The van der Waals surface area contributed by atoms with Crippen LogP contribution in [0, 0.1) is 0 Å². The van der Waals surface area contributed by atoms with Crippen LogP contribution in [0.3, 0.4) is 0 Å². The van der Waals surface area contributed by atoms with Crippen LogP contribution in [0.5, 0.6) is 11.5 Å². The van der Waals surface area contributed by atoms with E-state index in [1.807, 2.05) is 18.2 Å². The van der Waals surface area contributed by atoms with Crippen molar-refractivity contribution in [2.75, 3.05) is 33.0 Å². The summed E-state index contributed by atoms with van der Waals surface area (Å²) in [5.74, 6) is 1.63. The molecule has 1 N–H and O–H groups in total. The van der Waals surface area contributed by atoms with Crippen LogP contribution in [-0.2, 0) is 0 Å². The molecule has 0 amide bonds. The van der Waals surface area contributed by atoms with Crippen molar-refractivity contribution in [3.05, 3.63) is 58.6 Å². The molecule has 0 saturated carbocycles. The lowest BCUT2D eigenvalue weighted by atomic mass is 9.96. The number of hydrogen-bond donors (Lipinski definition) is 1. The minimum Gasteiger partial charge on any atom is -0.454 e. The Morgan fingerprint density at radius 1 is 1.00 bits per heavy atom. The Kier molecular flexibility index (Phi) is 4.60. The molecule has 0 spiro atoms. The lowest BCUT2D eigenvalue weighted by Gasteiger charge is -2.32. The van der Waals surface area contributed by atoms with Gasteiger partial charge in [0.25, 0.3) is 0 Å². The second-order valence-corrected chi connectivity index (χ2v) is 6.58. The van der Waals surface area contributed by atoms with E-state index in [1.165, 1.54) is 5.56 Å². The van der Waals surface area contributed by atoms with Crippen LogP contribution in [0.2, 0.25) is 5.02 Å². The lowest BCUT2D eigenvalue weighted by molar-refractivity contribution is 0.173. The van der Waals surface area contributed by atoms with Crippen LogP contribution < -0.4 is 14.8 Å². The molecule has 2 aromatic carbocycles. The van der Waals surface area contributed by atoms with Crippen LogP contribution in [0.4, 0.5) is 0 Å². The molecule has 2 aromatic rings. The van der Waals surface area contributed by atoms with E-state index in [2.05, 4.69) is 34.5 Å². The molecule has 2 aliphatic heterocycles. The SMILES string of the molecule is Clc1ccccc1C(c1ccc2c(c1)OCO2)N1CCCNCC1. The number of ether oxygens (including phenoxy) is 2. The summed E-state index contributed by atoms with van der Waals surface area (Å²) in [7, 11) is 0. The van der Waals surface area contributed by atoms with Crippen LogP contribution in [0.15, 0.2) is 42.5 Å². The van der Waals surface area contributed by atoms with Crippen molar-refractivity contribution in [2.45, 2.75) is 12.5 Å². The Labute approximate surface area is 147 Å². The van der Waals surface area contributed by atoms with Crippen molar-refractivity contribution in [3.8, 4) is 11.5 Å². The van der Waals surface area contributed by atoms with E-state index >= 15 is 0 Å². The predicted octanol–water partition coefficient (Wildman–Crippen LogP) is 3.45. The van der Waals surface area contributed by atoms with Gasteiger partial charge in [0, 0.05) is 24.7 Å². The molecular formula is C19H21ClN2O2. The zero-order valence-electron chi connectivity index (χ0n) is 13.5. The van der Waals surface area contributed by atoms with Gasteiger partial charge in [0.2, 0.25) is 6.79 Å². The molecule has 1 saturated heterocycles. The van der Waals surface area contributed by atoms with E-state index in [0.717, 1.165) is 54.7 Å². The van der Waals surface area contributed by atoms with Gasteiger partial charge in [-0.05, 0) is 42.3 Å². The van der Waals surface area contributed by atoms with Crippen molar-refractivity contribution < 1.29 is 9.47 Å². The smallest absolute Gasteiger partial charge is 0.231 e. The fourth-order valence-electron chi connectivity index (χ4n) is 3.49. The van der Waals surface area contributed by atoms with Gasteiger partial charge in [-0.25, -0.2) is 0 Å². The van der Waals surface area contributed by atoms with Gasteiger partial charge in [-0.3, -0.25) is 4.90 Å². The lowest BCUT2D eigenvalue weighted by Crippen LogP contribution is -2.33. The molecule has 1 fully saturated rings. The van der Waals surface area contributed by atoms with E-state index in [9.17, 15) is 0 Å². The third-order valence-electron chi connectivity index (χ3n) is 4.65. The van der Waals surface area contributed by atoms with Gasteiger partial charge in [-0.2, -0.15) is 0 Å². The Bertz CT molecular complexity index is 714. The molecule has 0 radical (unpaired) electrons. The van der Waals surface area contributed by atoms with Crippen molar-refractivity contribution in [1.82, 2.24) is 10.2 Å². The summed E-state index contributed by atoms with van der Waals surface area (Å²) in [6.45, 7) is 4.38. The standard InChI is InChI=1S/C19H21ClN2O2/c20-16-5-2-1-4-15(16)19(22-10-3-8-21-9-11-22)14-6-7-17-18(12-14)24-13-23-17/h1-2,4-7,12,19,21H,3,8-11,13H2. The van der Waals surface area contributed by atoms with Crippen LogP contribution in [-0.4, -0.2) is 37.9 Å². The van der Waals surface area contributed by atoms with Crippen LogP contribution >= 0.6 is 11.6 Å². The number of fused-ring (bicyclic) bond motifs is 1. The average molecular weight is 345 g/mol. The summed E-state index contributed by atoms with van der Waals surface area (Å²) in [6.07, 6.45) is 1.13. The Hall–Kier alpha value is -1.75. The Morgan fingerprint density at radius 3 is 2.79 bits per heavy atom. The van der Waals surface area contributed by atoms with E-state index in [1.54, 1.807) is 0 Å². The first-order valence-corrected chi connectivity index (χ1v) is 8.79. The third-order valence-corrected chi connectivity index (χ3v) is 5.00. The van der Waals surface area contributed by atoms with Gasteiger partial charge >= 0.3 is 0 Å². The van der Waals surface area contributed by atoms with Crippen LogP contribution in [0.25, 0.3) is 0 Å². The van der Waals surface area contributed by atoms with E-state index < -0.39 is 0 Å². The fraction of sp³-hybridized carbons (Fsp3) is 0.368. The number of hydrogen-bond acceptors (Lipinski definition) is 4. The normalized spacial score (nSPS) is 19.0. The predicted molar refractivity (Wildman–Crippen MR) is 94.9 cm³/mol. The second kappa shape index (κ2) is 7.01. The molecule has 4 rings (SSSR count). The molecule has 5 heteroatoms. The first-order chi connectivity index (χ1) is 11.8. The molecule has 1 unspecified atom stereocenters. The highest BCUT2D eigenvalue weighted by molar-refractivity contribution is 6.31. The summed E-state index contributed by atoms with van der Waals surface area (Å²) in [5.41, 5.74) is 2.33. The Morgan fingerprint density at radius 2 is 1.88 bits per heavy atom. The van der Waals surface area contributed by atoms with Gasteiger partial charge < -0.3 is 14.8 Å². The van der Waals surface area contributed by atoms with E-state index in [0.29, 0.717) is 6.79 Å². The minimum atomic E-state index is 0.119. The first-order valence-electron chi connectivity index (χ1n) is 8.42. The topological polar surface area (TPSA) is 33.7 Å². The van der Waals surface area contributed by atoms with Gasteiger partial charge in [0.1, 0.15) is 0 Å². The van der Waals surface area contributed by atoms with Crippen molar-refractivity contribution >= 4 is 11.6 Å². The monoisotopic (exact) mass is 344 g/mol. The quantitative estimate of drug-likeness (QED) is 0.924. The molecular weight excluding hydrogens is 324 g/mol. The molecule has 126 valence electrons. The maximum absolute atomic E-state index is 6.55. The zero-order valence-corrected chi connectivity index (χ0v) is 14.3. The molecule has 0 aliphatic carbocycles. The number of rotatable bonds is 3. The zero-order chi connectivity index (χ0) is 16.4. The first kappa shape index (κ1) is 15.8. The number of nitrogens with zero attached hydrogens (tertiary/aromatic N) is 1. The van der Waals surface area contributed by atoms with Gasteiger partial charge in [-0.15, -0.1) is 0 Å². The average Bonchev–Trinajstić information content (AvgIpc) is 2.91. The van der Waals surface area contributed by atoms with Crippen molar-refractivity contribution in [2.24, 2.45) is 0 Å². The van der Waals surface area contributed by atoms with Crippen molar-refractivity contribution in [3.63, 3.8) is 0 Å². The summed E-state index contributed by atoms with van der Waals surface area (Å²) in [4.78, 5) is 2.50. The highest BCUT2D eigenvalue weighted by atomic mass is 35.5. The maximum atomic E-state index is 6.55. The number of halogens is 1. The Balaban J connectivity index is 1.76. The number of nitrogens with one attached hydrogen (secondary N) is 1. The summed E-state index contributed by atoms with van der Waals surface area (Å²) in [6, 6.07) is 14.5. The van der Waals surface area contributed by atoms with Crippen LogP contribution in [0.1, 0.15) is 23.6 Å². The molecule has 2 aliphatic rings. The highest BCUT2D eigenvalue weighted by Gasteiger charge is 2.26. The summed E-state index contributed by atoms with van der Waals surface area (Å²) in [5, 5.41) is 4.28. The molecule has 4 nitrogen and oxygen atoms in total. The van der Waals surface area contributed by atoms with E-state index in [-0.39, 0.29) is 6.04 Å². The van der Waals surface area contributed by atoms with Crippen molar-refractivity contribution in [1.29, 1.82) is 0 Å². The third kappa shape index (κ3) is 3.09. The molecule has 0 bridgehead atoms. The molecule has 24 heavy (non-hydrogen) atoms. The maximum Gasteiger partial charge on any atom is 0.231 e. The summed E-state index contributed by atoms with van der Waals surface area (Å²) < 4.78 is 11.0.